The van der Waals surface area contributed by atoms with E-state index in [2.05, 4.69) is 89.3 Å². The van der Waals surface area contributed by atoms with Crippen molar-refractivity contribution in [2.24, 2.45) is 17.3 Å². The first-order valence-electron chi connectivity index (χ1n) is 13.6. The molecule has 2 nitrogen and oxygen atoms in total. The number of rotatable bonds is 5. The lowest BCUT2D eigenvalue weighted by Crippen LogP contribution is -2.50. The van der Waals surface area contributed by atoms with Crippen molar-refractivity contribution in [3.05, 3.63) is 65.2 Å². The lowest BCUT2D eigenvalue weighted by atomic mass is 9.55. The van der Waals surface area contributed by atoms with Crippen LogP contribution in [-0.4, -0.2) is 14.4 Å². The van der Waals surface area contributed by atoms with Crippen molar-refractivity contribution in [3.63, 3.8) is 0 Å². The average molecular weight is 477 g/mol. The van der Waals surface area contributed by atoms with Gasteiger partial charge in [0, 0.05) is 0 Å². The number of hydrogen-bond donors (Lipinski definition) is 0. The Morgan fingerprint density at radius 1 is 0.971 bits per heavy atom. The summed E-state index contributed by atoms with van der Waals surface area (Å²) in [6.07, 6.45) is 8.21. The van der Waals surface area contributed by atoms with Gasteiger partial charge in [-0.15, -0.1) is 0 Å². The van der Waals surface area contributed by atoms with Crippen LogP contribution < -0.4 is 4.74 Å². The zero-order valence-corrected chi connectivity index (χ0v) is 23.2. The van der Waals surface area contributed by atoms with Gasteiger partial charge >= 0.3 is 0 Å². The molecule has 0 N–H and O–H groups in total. The summed E-state index contributed by atoms with van der Waals surface area (Å²) in [6, 6.07) is 17.4. The molecule has 34 heavy (non-hydrogen) atoms. The summed E-state index contributed by atoms with van der Waals surface area (Å²) in [4.78, 5) is 0. The monoisotopic (exact) mass is 476 g/mol. The van der Waals surface area contributed by atoms with Gasteiger partial charge in [0.2, 0.25) is 0 Å². The minimum Gasteiger partial charge on any atom is -0.489 e. The maximum atomic E-state index is 7.09. The molecule has 2 saturated carbocycles. The minimum atomic E-state index is -1.75. The van der Waals surface area contributed by atoms with Gasteiger partial charge in [-0.2, -0.15) is 0 Å². The third-order valence-electron chi connectivity index (χ3n) is 10.1. The predicted octanol–water partition coefficient (Wildman–Crippen LogP) is 8.51. The van der Waals surface area contributed by atoms with Gasteiger partial charge in [-0.05, 0) is 109 Å². The van der Waals surface area contributed by atoms with E-state index in [1.54, 1.807) is 5.56 Å². The number of benzene rings is 2. The molecule has 5 rings (SSSR count). The highest BCUT2D eigenvalue weighted by atomic mass is 28.4. The number of hydrogen-bond acceptors (Lipinski definition) is 2. The predicted molar refractivity (Wildman–Crippen MR) is 144 cm³/mol. The molecule has 2 aromatic carbocycles. The summed E-state index contributed by atoms with van der Waals surface area (Å²) in [6.45, 7) is 15.2. The SMILES string of the molecule is CC(C)(C)[Si](C)(C)O[C@@H]1CC[C@H]2[C@@H]3CCc4cc(OCc5ccccc5)ccc4[C@H]3CC[C@]12C. The molecule has 0 unspecified atom stereocenters. The summed E-state index contributed by atoms with van der Waals surface area (Å²) >= 11 is 0. The molecule has 3 aliphatic carbocycles. The summed E-state index contributed by atoms with van der Waals surface area (Å²) in [7, 11) is -1.75. The molecule has 0 aliphatic heterocycles. The number of fused-ring (bicyclic) bond motifs is 5. The fraction of sp³-hybridized carbons (Fsp3) is 0.613. The third kappa shape index (κ3) is 4.28. The van der Waals surface area contributed by atoms with Crippen LogP contribution in [0.4, 0.5) is 0 Å². The molecule has 3 aliphatic rings. The van der Waals surface area contributed by atoms with Gasteiger partial charge < -0.3 is 9.16 Å². The van der Waals surface area contributed by atoms with Crippen molar-refractivity contribution >= 4 is 8.32 Å². The van der Waals surface area contributed by atoms with E-state index in [1.807, 2.05) is 0 Å². The second kappa shape index (κ2) is 8.82. The molecule has 0 amide bonds. The standard InChI is InChI=1S/C31H44O2Si/c1-30(2,3)34(5,6)33-29-17-16-28-27-14-12-23-20-24(32-21-22-10-8-7-9-11-22)13-15-25(23)26(27)18-19-31(28,29)4/h7-11,13,15,20,26-29H,12,14,16-19,21H2,1-6H3/t26-,27-,28+,29-,31+/m1/s1. The van der Waals surface area contributed by atoms with Gasteiger partial charge in [0.15, 0.2) is 8.32 Å². The number of ether oxygens (including phenoxy) is 1. The van der Waals surface area contributed by atoms with Crippen molar-refractivity contribution in [2.45, 2.75) is 103 Å². The molecule has 0 radical (unpaired) electrons. The van der Waals surface area contributed by atoms with E-state index in [4.69, 9.17) is 9.16 Å². The van der Waals surface area contributed by atoms with E-state index in [0.717, 1.165) is 23.5 Å². The Morgan fingerprint density at radius 3 is 2.47 bits per heavy atom. The zero-order valence-electron chi connectivity index (χ0n) is 22.2. The Hall–Kier alpha value is -1.58. The van der Waals surface area contributed by atoms with Gasteiger partial charge in [0.1, 0.15) is 12.4 Å². The van der Waals surface area contributed by atoms with E-state index in [0.29, 0.717) is 18.1 Å². The van der Waals surface area contributed by atoms with Crippen LogP contribution in [0.2, 0.25) is 18.1 Å². The Kier molecular flexibility index (Phi) is 6.26. The van der Waals surface area contributed by atoms with Crippen LogP contribution >= 0.6 is 0 Å². The first-order chi connectivity index (χ1) is 16.1. The second-order valence-corrected chi connectivity index (χ2v) is 17.8. The van der Waals surface area contributed by atoms with E-state index >= 15 is 0 Å². The fourth-order valence-corrected chi connectivity index (χ4v) is 8.52. The van der Waals surface area contributed by atoms with Crippen molar-refractivity contribution < 1.29 is 9.16 Å². The third-order valence-corrected chi connectivity index (χ3v) is 14.6. The normalized spacial score (nSPS) is 30.9. The fourth-order valence-electron chi connectivity index (χ4n) is 7.07. The zero-order chi connectivity index (χ0) is 24.1. The molecule has 0 bridgehead atoms. The van der Waals surface area contributed by atoms with Crippen LogP contribution in [0.5, 0.6) is 5.75 Å². The quantitative estimate of drug-likeness (QED) is 0.403. The molecular formula is C31H44O2Si. The molecule has 184 valence electrons. The smallest absolute Gasteiger partial charge is 0.192 e. The highest BCUT2D eigenvalue weighted by Gasteiger charge is 2.56. The van der Waals surface area contributed by atoms with Crippen LogP contribution in [0.15, 0.2) is 48.5 Å². The van der Waals surface area contributed by atoms with Crippen LogP contribution in [0.25, 0.3) is 0 Å². The summed E-state index contributed by atoms with van der Waals surface area (Å²) in [5.74, 6) is 3.36. The summed E-state index contributed by atoms with van der Waals surface area (Å²) < 4.78 is 13.2. The van der Waals surface area contributed by atoms with Crippen LogP contribution in [0.3, 0.4) is 0 Å². The number of aryl methyl sites for hydroxylation is 1. The lowest BCUT2D eigenvalue weighted by Gasteiger charge is -2.52. The lowest BCUT2D eigenvalue weighted by molar-refractivity contribution is -0.0165. The van der Waals surface area contributed by atoms with Crippen molar-refractivity contribution in [3.8, 4) is 5.75 Å². The molecule has 0 saturated heterocycles. The highest BCUT2D eigenvalue weighted by Crippen LogP contribution is 2.62. The van der Waals surface area contributed by atoms with Crippen molar-refractivity contribution in [1.29, 1.82) is 0 Å². The van der Waals surface area contributed by atoms with Gasteiger partial charge in [-0.1, -0.05) is 64.1 Å². The van der Waals surface area contributed by atoms with Crippen molar-refractivity contribution in [2.75, 3.05) is 0 Å². The first kappa shape index (κ1) is 24.1. The van der Waals surface area contributed by atoms with E-state index in [9.17, 15) is 0 Å². The molecule has 2 aromatic rings. The van der Waals surface area contributed by atoms with Crippen LogP contribution in [0.1, 0.15) is 82.4 Å². The van der Waals surface area contributed by atoms with Crippen LogP contribution in [-0.2, 0) is 17.5 Å². The Labute approximate surface area is 208 Å². The Bertz CT molecular complexity index is 1010. The molecule has 0 heterocycles. The van der Waals surface area contributed by atoms with Gasteiger partial charge in [-0.25, -0.2) is 0 Å². The van der Waals surface area contributed by atoms with Gasteiger partial charge in [0.05, 0.1) is 6.10 Å². The van der Waals surface area contributed by atoms with Gasteiger partial charge in [-0.3, -0.25) is 0 Å². The molecule has 0 aromatic heterocycles. The minimum absolute atomic E-state index is 0.280. The second-order valence-electron chi connectivity index (χ2n) is 13.0. The van der Waals surface area contributed by atoms with E-state index in [-0.39, 0.29) is 5.04 Å². The van der Waals surface area contributed by atoms with Crippen molar-refractivity contribution in [1.82, 2.24) is 0 Å². The van der Waals surface area contributed by atoms with E-state index in [1.165, 1.54) is 49.7 Å². The Morgan fingerprint density at radius 2 is 1.74 bits per heavy atom. The first-order valence-corrected chi connectivity index (χ1v) is 16.5. The average Bonchev–Trinajstić information content (AvgIpc) is 3.13. The van der Waals surface area contributed by atoms with Gasteiger partial charge in [0.25, 0.3) is 0 Å². The molecule has 2 fully saturated rings. The molecule has 5 atom stereocenters. The summed E-state index contributed by atoms with van der Waals surface area (Å²) in [5.41, 5.74) is 4.72. The van der Waals surface area contributed by atoms with Crippen LogP contribution in [0, 0.1) is 17.3 Å². The highest BCUT2D eigenvalue weighted by molar-refractivity contribution is 6.74. The maximum absolute atomic E-state index is 7.09. The molecule has 3 heteroatoms. The Balaban J connectivity index is 1.30. The van der Waals surface area contributed by atoms with E-state index < -0.39 is 8.32 Å². The molecular weight excluding hydrogens is 432 g/mol. The molecule has 0 spiro atoms. The largest absolute Gasteiger partial charge is 0.489 e. The maximum Gasteiger partial charge on any atom is 0.192 e. The summed E-state index contributed by atoms with van der Waals surface area (Å²) in [5, 5.41) is 0.280. The topological polar surface area (TPSA) is 18.5 Å².